The highest BCUT2D eigenvalue weighted by Gasteiger charge is 2.31. The van der Waals surface area contributed by atoms with Crippen LogP contribution in [0.5, 0.6) is 11.5 Å². The van der Waals surface area contributed by atoms with Gasteiger partial charge in [0.25, 0.3) is 0 Å². The first-order valence-electron chi connectivity index (χ1n) is 5.55. The SMILES string of the molecule is FC(F)(F)Oc1ccc(OCc2nc(CCl)cs2)cc1Br. The third-order valence-corrected chi connectivity index (χ3v) is 3.99. The highest BCUT2D eigenvalue weighted by Crippen LogP contribution is 2.33. The van der Waals surface area contributed by atoms with Crippen LogP contribution in [0.25, 0.3) is 0 Å². The smallest absolute Gasteiger partial charge is 0.486 e. The molecule has 21 heavy (non-hydrogen) atoms. The lowest BCUT2D eigenvalue weighted by atomic mass is 10.3. The first-order chi connectivity index (χ1) is 9.87. The molecule has 114 valence electrons. The number of hydrogen-bond donors (Lipinski definition) is 0. The number of benzene rings is 1. The van der Waals surface area contributed by atoms with Crippen LogP contribution >= 0.6 is 38.9 Å². The van der Waals surface area contributed by atoms with Crippen LogP contribution in [0.3, 0.4) is 0 Å². The van der Waals surface area contributed by atoms with Gasteiger partial charge in [0.1, 0.15) is 23.1 Å². The lowest BCUT2D eigenvalue weighted by molar-refractivity contribution is -0.274. The molecule has 0 aliphatic carbocycles. The van der Waals surface area contributed by atoms with Crippen molar-refractivity contribution in [1.29, 1.82) is 0 Å². The fourth-order valence-corrected chi connectivity index (χ4v) is 2.77. The molecule has 0 bridgehead atoms. The van der Waals surface area contributed by atoms with Crippen molar-refractivity contribution < 1.29 is 22.6 Å². The predicted octanol–water partition coefficient (Wildman–Crippen LogP) is 5.12. The fourth-order valence-electron chi connectivity index (χ4n) is 1.40. The Morgan fingerprint density at radius 2 is 2.10 bits per heavy atom. The Morgan fingerprint density at radius 1 is 1.33 bits per heavy atom. The molecule has 1 heterocycles. The van der Waals surface area contributed by atoms with Gasteiger partial charge in [0.05, 0.1) is 16.0 Å². The largest absolute Gasteiger partial charge is 0.573 e. The summed E-state index contributed by atoms with van der Waals surface area (Å²) in [6, 6.07) is 3.97. The van der Waals surface area contributed by atoms with Crippen molar-refractivity contribution in [2.24, 2.45) is 0 Å². The molecule has 0 N–H and O–H groups in total. The van der Waals surface area contributed by atoms with E-state index in [1.54, 1.807) is 0 Å². The molecule has 0 aliphatic rings. The van der Waals surface area contributed by atoms with Crippen LogP contribution in [0.1, 0.15) is 10.7 Å². The maximum Gasteiger partial charge on any atom is 0.573 e. The molecule has 0 atom stereocenters. The molecule has 0 radical (unpaired) electrons. The van der Waals surface area contributed by atoms with Crippen molar-refractivity contribution in [1.82, 2.24) is 4.98 Å². The first kappa shape index (κ1) is 16.4. The zero-order valence-electron chi connectivity index (χ0n) is 10.3. The van der Waals surface area contributed by atoms with E-state index in [1.165, 1.54) is 29.5 Å². The number of hydrogen-bond acceptors (Lipinski definition) is 4. The topological polar surface area (TPSA) is 31.4 Å². The van der Waals surface area contributed by atoms with Crippen LogP contribution in [-0.4, -0.2) is 11.3 Å². The van der Waals surface area contributed by atoms with Crippen molar-refractivity contribution in [2.75, 3.05) is 0 Å². The minimum Gasteiger partial charge on any atom is -0.486 e. The van der Waals surface area contributed by atoms with E-state index in [0.717, 1.165) is 10.7 Å². The molecule has 0 aliphatic heterocycles. The monoisotopic (exact) mass is 401 g/mol. The Labute approximate surface area is 135 Å². The standard InChI is InChI=1S/C12H8BrClF3NO2S/c13-9-3-8(1-2-10(9)20-12(15,16)17)19-5-11-18-7(4-14)6-21-11/h1-3,6H,4-5H2. The second-order valence-electron chi connectivity index (χ2n) is 3.79. The van der Waals surface area contributed by atoms with E-state index >= 15 is 0 Å². The van der Waals surface area contributed by atoms with Crippen LogP contribution in [0.15, 0.2) is 28.1 Å². The van der Waals surface area contributed by atoms with Gasteiger partial charge in [-0.2, -0.15) is 0 Å². The van der Waals surface area contributed by atoms with Gasteiger partial charge in [0.15, 0.2) is 0 Å². The van der Waals surface area contributed by atoms with E-state index in [9.17, 15) is 13.2 Å². The van der Waals surface area contributed by atoms with Crippen LogP contribution in [0, 0.1) is 0 Å². The third kappa shape index (κ3) is 5.05. The molecular weight excluding hydrogens is 395 g/mol. The summed E-state index contributed by atoms with van der Waals surface area (Å²) < 4.78 is 45.9. The average molecular weight is 403 g/mol. The van der Waals surface area contributed by atoms with E-state index in [-0.39, 0.29) is 16.8 Å². The molecule has 0 fully saturated rings. The van der Waals surface area contributed by atoms with Crippen LogP contribution in [0.4, 0.5) is 13.2 Å². The van der Waals surface area contributed by atoms with Gasteiger partial charge in [-0.1, -0.05) is 0 Å². The van der Waals surface area contributed by atoms with Gasteiger partial charge >= 0.3 is 6.36 Å². The fraction of sp³-hybridized carbons (Fsp3) is 0.250. The van der Waals surface area contributed by atoms with E-state index in [4.69, 9.17) is 16.3 Å². The van der Waals surface area contributed by atoms with Crippen molar-refractivity contribution in [2.45, 2.75) is 18.8 Å². The number of nitrogens with zero attached hydrogens (tertiary/aromatic N) is 1. The second-order valence-corrected chi connectivity index (χ2v) is 5.86. The molecule has 0 spiro atoms. The van der Waals surface area contributed by atoms with Gasteiger partial charge in [0, 0.05) is 5.38 Å². The number of alkyl halides is 4. The van der Waals surface area contributed by atoms with Gasteiger partial charge < -0.3 is 9.47 Å². The van der Waals surface area contributed by atoms with E-state index in [0.29, 0.717) is 11.6 Å². The maximum atomic E-state index is 12.1. The molecule has 0 saturated carbocycles. The Bertz CT molecular complexity index is 621. The van der Waals surface area contributed by atoms with Crippen LogP contribution in [0.2, 0.25) is 0 Å². The number of aromatic nitrogens is 1. The van der Waals surface area contributed by atoms with Crippen molar-refractivity contribution >= 4 is 38.9 Å². The van der Waals surface area contributed by atoms with Crippen molar-refractivity contribution in [3.05, 3.63) is 38.8 Å². The Balaban J connectivity index is 1.99. The van der Waals surface area contributed by atoms with Crippen molar-refractivity contribution in [3.8, 4) is 11.5 Å². The summed E-state index contributed by atoms with van der Waals surface area (Å²) >= 11 is 10.0. The Kier molecular flexibility index (Phi) is 5.34. The quantitative estimate of drug-likeness (QED) is 0.650. The predicted molar refractivity (Wildman–Crippen MR) is 76.8 cm³/mol. The van der Waals surface area contributed by atoms with Crippen molar-refractivity contribution in [3.63, 3.8) is 0 Å². The Morgan fingerprint density at radius 3 is 2.67 bits per heavy atom. The minimum atomic E-state index is -4.73. The molecule has 0 amide bonds. The van der Waals surface area contributed by atoms with Crippen LogP contribution in [-0.2, 0) is 12.5 Å². The first-order valence-corrected chi connectivity index (χ1v) is 7.75. The molecule has 2 aromatic rings. The molecular formula is C12H8BrClF3NO2S. The summed E-state index contributed by atoms with van der Waals surface area (Å²) in [4.78, 5) is 4.21. The van der Waals surface area contributed by atoms with E-state index < -0.39 is 6.36 Å². The van der Waals surface area contributed by atoms with Gasteiger partial charge in [-0.05, 0) is 34.1 Å². The summed E-state index contributed by atoms with van der Waals surface area (Å²) in [5, 5.41) is 2.56. The van der Waals surface area contributed by atoms with E-state index in [1.807, 2.05) is 5.38 Å². The molecule has 1 aromatic carbocycles. The van der Waals surface area contributed by atoms with Gasteiger partial charge in [-0.15, -0.1) is 36.1 Å². The number of halogens is 5. The molecule has 0 saturated heterocycles. The molecule has 1 aromatic heterocycles. The zero-order valence-corrected chi connectivity index (χ0v) is 13.4. The number of thiazole rings is 1. The number of rotatable bonds is 5. The normalized spacial score (nSPS) is 11.5. The summed E-state index contributed by atoms with van der Waals surface area (Å²) in [6.45, 7) is 0.216. The highest BCUT2D eigenvalue weighted by atomic mass is 79.9. The minimum absolute atomic E-state index is 0.151. The number of ether oxygens (including phenoxy) is 2. The van der Waals surface area contributed by atoms with Gasteiger partial charge in [-0.3, -0.25) is 0 Å². The van der Waals surface area contributed by atoms with Crippen LogP contribution < -0.4 is 9.47 Å². The third-order valence-electron chi connectivity index (χ3n) is 2.23. The average Bonchev–Trinajstić information content (AvgIpc) is 2.86. The highest BCUT2D eigenvalue weighted by molar-refractivity contribution is 9.10. The van der Waals surface area contributed by atoms with E-state index in [2.05, 4.69) is 25.7 Å². The molecule has 2 rings (SSSR count). The molecule has 3 nitrogen and oxygen atoms in total. The maximum absolute atomic E-state index is 12.1. The lowest BCUT2D eigenvalue weighted by Gasteiger charge is -2.11. The summed E-state index contributed by atoms with van der Waals surface area (Å²) in [5.41, 5.74) is 0.760. The summed E-state index contributed by atoms with van der Waals surface area (Å²) in [5.74, 6) is 0.401. The second kappa shape index (κ2) is 6.85. The zero-order chi connectivity index (χ0) is 15.5. The van der Waals surface area contributed by atoms with Gasteiger partial charge in [-0.25, -0.2) is 4.98 Å². The Hall–Kier alpha value is -0.990. The summed E-state index contributed by atoms with van der Waals surface area (Å²) in [6.07, 6.45) is -4.73. The lowest BCUT2D eigenvalue weighted by Crippen LogP contribution is -2.17. The van der Waals surface area contributed by atoms with Gasteiger partial charge in [0.2, 0.25) is 0 Å². The molecule has 9 heteroatoms. The summed E-state index contributed by atoms with van der Waals surface area (Å²) in [7, 11) is 0. The molecule has 0 unspecified atom stereocenters.